The van der Waals surface area contributed by atoms with Crippen molar-refractivity contribution in [2.24, 2.45) is 0 Å². The number of nitrogens with zero attached hydrogens (tertiary/aromatic N) is 2. The van der Waals surface area contributed by atoms with Crippen molar-refractivity contribution < 1.29 is 29.3 Å². The summed E-state index contributed by atoms with van der Waals surface area (Å²) in [6.07, 6.45) is 2.60. The van der Waals surface area contributed by atoms with E-state index in [1.165, 1.54) is 0 Å². The second-order valence-corrected chi connectivity index (χ2v) is 12.5. The summed E-state index contributed by atoms with van der Waals surface area (Å²) in [5.41, 5.74) is 4.98. The number of hydrogen-bond donors (Lipinski definition) is 4. The van der Waals surface area contributed by atoms with Crippen molar-refractivity contribution in [2.75, 3.05) is 25.0 Å². The Labute approximate surface area is 273 Å². The first-order chi connectivity index (χ1) is 22.9. The molecule has 6 rings (SSSR count). The Balaban J connectivity index is 1.13. The van der Waals surface area contributed by atoms with E-state index in [1.807, 2.05) is 77.4 Å². The van der Waals surface area contributed by atoms with E-state index in [4.69, 9.17) is 14.6 Å². The number of fused-ring (bicyclic) bond motifs is 1. The lowest BCUT2D eigenvalue weighted by atomic mass is 9.98. The van der Waals surface area contributed by atoms with Gasteiger partial charge in [0.2, 0.25) is 5.91 Å². The lowest BCUT2D eigenvalue weighted by molar-refractivity contribution is -0.253. The van der Waals surface area contributed by atoms with Crippen molar-refractivity contribution in [3.8, 4) is 0 Å². The zero-order chi connectivity index (χ0) is 32.8. The van der Waals surface area contributed by atoms with E-state index < -0.39 is 12.3 Å². The summed E-state index contributed by atoms with van der Waals surface area (Å²) in [6.45, 7) is 2.36. The van der Waals surface area contributed by atoms with Crippen LogP contribution in [0, 0.1) is 0 Å². The zero-order valence-corrected chi connectivity index (χ0v) is 26.3. The fourth-order valence-electron chi connectivity index (χ4n) is 6.67. The van der Waals surface area contributed by atoms with Crippen LogP contribution in [0.2, 0.25) is 0 Å². The number of carboxylic acid groups (broad SMARTS) is 1. The SMILES string of the molecule is O=C(O)CCCCC(=O)Nc1cccc([C@@H]2O[C@H](CN3CCC(n4c(=O)[nH]c5ccccc54)CC3)C[C@H](c3ccc(CO)cc3)O2)c1. The summed E-state index contributed by atoms with van der Waals surface area (Å²) in [6, 6.07) is 23.2. The molecule has 0 spiro atoms. The topological polar surface area (TPSA) is 146 Å². The molecule has 0 aliphatic carbocycles. The highest BCUT2D eigenvalue weighted by Gasteiger charge is 2.34. The van der Waals surface area contributed by atoms with Gasteiger partial charge >= 0.3 is 11.7 Å². The number of aromatic nitrogens is 2. The van der Waals surface area contributed by atoms with Crippen LogP contribution in [0.5, 0.6) is 0 Å². The quantitative estimate of drug-likeness (QED) is 0.153. The van der Waals surface area contributed by atoms with Gasteiger partial charge in [-0.15, -0.1) is 0 Å². The molecular formula is C36H42N4O7. The van der Waals surface area contributed by atoms with E-state index in [2.05, 4.69) is 15.2 Å². The molecule has 2 aliphatic heterocycles. The Kier molecular flexibility index (Phi) is 10.5. The van der Waals surface area contributed by atoms with Crippen molar-refractivity contribution in [2.45, 2.75) is 76.1 Å². The second kappa shape index (κ2) is 15.1. The first-order valence-corrected chi connectivity index (χ1v) is 16.4. The number of carbonyl (C=O) groups is 2. The molecule has 3 atom stereocenters. The first kappa shape index (κ1) is 32.6. The molecule has 11 heteroatoms. The molecule has 0 bridgehead atoms. The summed E-state index contributed by atoms with van der Waals surface area (Å²) in [5.74, 6) is -1.03. The van der Waals surface area contributed by atoms with E-state index in [9.17, 15) is 19.5 Å². The third-order valence-electron chi connectivity index (χ3n) is 9.11. The fourth-order valence-corrected chi connectivity index (χ4v) is 6.67. The molecule has 3 aromatic carbocycles. The number of carbonyl (C=O) groups excluding carboxylic acids is 1. The number of carboxylic acids is 1. The van der Waals surface area contributed by atoms with Crippen LogP contribution in [0.25, 0.3) is 11.0 Å². The molecule has 1 aromatic heterocycles. The molecule has 0 unspecified atom stereocenters. The van der Waals surface area contributed by atoms with Gasteiger partial charge in [0.05, 0.1) is 29.8 Å². The predicted molar refractivity (Wildman–Crippen MR) is 177 cm³/mol. The normalized spacial score (nSPS) is 20.7. The average Bonchev–Trinajstić information content (AvgIpc) is 3.42. The van der Waals surface area contributed by atoms with Gasteiger partial charge in [-0.05, 0) is 61.1 Å². The Morgan fingerprint density at radius 1 is 0.915 bits per heavy atom. The Bertz CT molecular complexity index is 1730. The number of para-hydroxylation sites is 2. The number of nitrogens with one attached hydrogen (secondary N) is 2. The van der Waals surface area contributed by atoms with Gasteiger partial charge in [-0.1, -0.05) is 48.5 Å². The number of piperidine rings is 1. The third kappa shape index (κ3) is 8.17. The minimum atomic E-state index is -0.863. The summed E-state index contributed by atoms with van der Waals surface area (Å²) in [4.78, 5) is 41.4. The van der Waals surface area contributed by atoms with Gasteiger partial charge < -0.3 is 34.9 Å². The maximum absolute atomic E-state index is 12.8. The summed E-state index contributed by atoms with van der Waals surface area (Å²) < 4.78 is 15.0. The number of hydrogen-bond acceptors (Lipinski definition) is 7. The molecule has 4 N–H and O–H groups in total. The average molecular weight is 643 g/mol. The van der Waals surface area contributed by atoms with Crippen LogP contribution in [0.4, 0.5) is 5.69 Å². The van der Waals surface area contributed by atoms with Crippen LogP contribution in [0.15, 0.2) is 77.6 Å². The molecular weight excluding hydrogens is 600 g/mol. The molecule has 2 fully saturated rings. The monoisotopic (exact) mass is 642 g/mol. The van der Waals surface area contributed by atoms with Crippen LogP contribution in [0.1, 0.15) is 80.1 Å². The molecule has 4 aromatic rings. The standard InChI is InChI=1S/C36H42N4O7/c41-23-24-12-14-25(15-13-24)32-21-29(22-39-18-16-28(17-19-39)40-31-9-2-1-8-30(31)38-36(40)45)46-35(47-32)26-6-5-7-27(20-26)37-33(42)10-3-4-11-34(43)44/h1-2,5-9,12-15,20,28-29,32,35,41H,3-4,10-11,16-19,21-23H2,(H,37,42)(H,38,45)(H,43,44)/t29-,32+,35+/m0/s1. The van der Waals surface area contributed by atoms with Gasteiger partial charge in [0.25, 0.3) is 0 Å². The molecule has 0 saturated carbocycles. The number of H-pyrrole nitrogens is 1. The highest BCUT2D eigenvalue weighted by atomic mass is 16.7. The van der Waals surface area contributed by atoms with Crippen LogP contribution in [0.3, 0.4) is 0 Å². The summed E-state index contributed by atoms with van der Waals surface area (Å²) in [5, 5.41) is 21.3. The van der Waals surface area contributed by atoms with Gasteiger partial charge in [0.1, 0.15) is 0 Å². The number of rotatable bonds is 12. The maximum atomic E-state index is 12.8. The zero-order valence-electron chi connectivity index (χ0n) is 26.3. The number of likely N-dealkylation sites (tertiary alicyclic amines) is 1. The first-order valence-electron chi connectivity index (χ1n) is 16.4. The number of benzene rings is 3. The predicted octanol–water partition coefficient (Wildman–Crippen LogP) is 5.29. The highest BCUT2D eigenvalue weighted by Crippen LogP contribution is 2.39. The minimum absolute atomic E-state index is 0.0289. The molecule has 2 saturated heterocycles. The Hall–Kier alpha value is -4.29. The van der Waals surface area contributed by atoms with Gasteiger partial charge in [0, 0.05) is 56.2 Å². The van der Waals surface area contributed by atoms with Crippen LogP contribution in [-0.4, -0.2) is 62.3 Å². The number of unbranched alkanes of at least 4 members (excludes halogenated alkanes) is 1. The Morgan fingerprint density at radius 2 is 1.68 bits per heavy atom. The second-order valence-electron chi connectivity index (χ2n) is 12.5. The van der Waals surface area contributed by atoms with E-state index in [1.54, 1.807) is 0 Å². The van der Waals surface area contributed by atoms with Gasteiger partial charge in [-0.25, -0.2) is 4.79 Å². The highest BCUT2D eigenvalue weighted by molar-refractivity contribution is 5.90. The van der Waals surface area contributed by atoms with Crippen molar-refractivity contribution in [3.63, 3.8) is 0 Å². The number of anilines is 1. The van der Waals surface area contributed by atoms with Crippen molar-refractivity contribution >= 4 is 28.6 Å². The number of aliphatic hydroxyl groups is 1. The lowest BCUT2D eigenvalue weighted by Gasteiger charge is -2.40. The number of ether oxygens (including phenoxy) is 2. The van der Waals surface area contributed by atoms with E-state index in [0.29, 0.717) is 31.5 Å². The largest absolute Gasteiger partial charge is 0.481 e. The van der Waals surface area contributed by atoms with Crippen LogP contribution >= 0.6 is 0 Å². The lowest BCUT2D eigenvalue weighted by Crippen LogP contribution is -2.43. The fraction of sp³-hybridized carbons (Fsp3) is 0.417. The van der Waals surface area contributed by atoms with Gasteiger partial charge in [-0.3, -0.25) is 14.2 Å². The molecule has 2 aliphatic rings. The van der Waals surface area contributed by atoms with Crippen LogP contribution in [-0.2, 0) is 25.7 Å². The van der Waals surface area contributed by atoms with Crippen molar-refractivity contribution in [1.82, 2.24) is 14.5 Å². The molecule has 248 valence electrons. The summed E-state index contributed by atoms with van der Waals surface area (Å²) in [7, 11) is 0. The van der Waals surface area contributed by atoms with E-state index in [0.717, 1.165) is 53.7 Å². The molecule has 1 amide bonds. The Morgan fingerprint density at radius 3 is 2.45 bits per heavy atom. The van der Waals surface area contributed by atoms with E-state index in [-0.39, 0.29) is 49.3 Å². The van der Waals surface area contributed by atoms with E-state index >= 15 is 0 Å². The smallest absolute Gasteiger partial charge is 0.326 e. The number of aromatic amines is 1. The summed E-state index contributed by atoms with van der Waals surface area (Å²) >= 11 is 0. The number of aliphatic carboxylic acids is 1. The molecule has 3 heterocycles. The number of aliphatic hydroxyl groups excluding tert-OH is 1. The minimum Gasteiger partial charge on any atom is -0.481 e. The third-order valence-corrected chi connectivity index (χ3v) is 9.11. The van der Waals surface area contributed by atoms with Gasteiger partial charge in [0.15, 0.2) is 6.29 Å². The molecule has 0 radical (unpaired) electrons. The number of amides is 1. The number of imidazole rings is 1. The van der Waals surface area contributed by atoms with Crippen LogP contribution < -0.4 is 11.0 Å². The molecule has 11 nitrogen and oxygen atoms in total. The van der Waals surface area contributed by atoms with Crippen molar-refractivity contribution in [3.05, 3.63) is 100.0 Å². The van der Waals surface area contributed by atoms with Crippen molar-refractivity contribution in [1.29, 1.82) is 0 Å². The maximum Gasteiger partial charge on any atom is 0.326 e. The van der Waals surface area contributed by atoms with Gasteiger partial charge in [-0.2, -0.15) is 0 Å². The molecule has 47 heavy (non-hydrogen) atoms.